The summed E-state index contributed by atoms with van der Waals surface area (Å²) < 4.78 is 51.0. The van der Waals surface area contributed by atoms with Gasteiger partial charge in [0.1, 0.15) is 0 Å². The van der Waals surface area contributed by atoms with Crippen LogP contribution in [0.5, 0.6) is 11.5 Å². The number of nitrogens with zero attached hydrogens (tertiary/aromatic N) is 2. The molecule has 4 N–H and O–H groups in total. The van der Waals surface area contributed by atoms with Gasteiger partial charge >= 0.3 is 18.1 Å². The molecule has 2 aromatic rings. The summed E-state index contributed by atoms with van der Waals surface area (Å²) in [5.41, 5.74) is 6.87. The first-order chi connectivity index (χ1) is 20.6. The predicted octanol–water partition coefficient (Wildman–Crippen LogP) is 5.71. The number of carboxylic acids is 2. The number of alkyl halides is 3. The number of carboxylic acid groups (broad SMARTS) is 2. The van der Waals surface area contributed by atoms with E-state index >= 15 is 0 Å². The van der Waals surface area contributed by atoms with Crippen molar-refractivity contribution in [2.45, 2.75) is 45.3 Å². The second-order valence-electron chi connectivity index (χ2n) is 11.7. The van der Waals surface area contributed by atoms with E-state index in [1.807, 2.05) is 12.1 Å². The highest BCUT2D eigenvalue weighted by molar-refractivity contribution is 5.98. The van der Waals surface area contributed by atoms with E-state index in [2.05, 4.69) is 4.90 Å². The average molecular weight is 691 g/mol. The van der Waals surface area contributed by atoms with Crippen LogP contribution in [-0.4, -0.2) is 72.9 Å². The largest absolute Gasteiger partial charge is 0.493 e. The second kappa shape index (κ2) is 15.0. The number of halogens is 5. The molecule has 0 saturated heterocycles. The minimum atomic E-state index is -4.61. The van der Waals surface area contributed by atoms with Crippen LogP contribution in [-0.2, 0) is 28.7 Å². The molecule has 1 atom stereocenters. The molecule has 2 heterocycles. The quantitative estimate of drug-likeness (QED) is 0.288. The van der Waals surface area contributed by atoms with Crippen molar-refractivity contribution in [3.8, 4) is 11.5 Å². The smallest absolute Gasteiger partial charge is 0.416 e. The second-order valence-corrected chi connectivity index (χ2v) is 11.7. The third-order valence-corrected chi connectivity index (χ3v) is 8.53. The Labute approximate surface area is 278 Å². The van der Waals surface area contributed by atoms with Gasteiger partial charge in [0.15, 0.2) is 11.5 Å². The van der Waals surface area contributed by atoms with Crippen LogP contribution in [0, 0.1) is 5.41 Å². The Hall–Kier alpha value is -3.45. The number of hydrogen-bond donors (Lipinski definition) is 3. The van der Waals surface area contributed by atoms with E-state index in [4.69, 9.17) is 15.2 Å². The Morgan fingerprint density at radius 3 is 1.98 bits per heavy atom. The number of benzene rings is 2. The topological polar surface area (TPSA) is 126 Å². The molecule has 14 heteroatoms. The number of hydrogen-bond acceptors (Lipinski definition) is 7. The van der Waals surface area contributed by atoms with Gasteiger partial charge in [0.25, 0.3) is 0 Å². The summed E-state index contributed by atoms with van der Waals surface area (Å²) in [6, 6.07) is 7.87. The van der Waals surface area contributed by atoms with Gasteiger partial charge in [-0.3, -0.25) is 4.90 Å². The normalized spacial score (nSPS) is 17.2. The summed E-state index contributed by atoms with van der Waals surface area (Å²) >= 11 is 0. The fraction of sp³-hybridized carbons (Fsp3) is 0.438. The highest BCUT2D eigenvalue weighted by Gasteiger charge is 2.45. The molecule has 1 unspecified atom stereocenters. The molecule has 2 aromatic carbocycles. The van der Waals surface area contributed by atoms with Crippen molar-refractivity contribution in [3.63, 3.8) is 0 Å². The maximum Gasteiger partial charge on any atom is 0.416 e. The number of rotatable bonds is 10. The summed E-state index contributed by atoms with van der Waals surface area (Å²) in [6.07, 6.45) is -3.63. The highest BCUT2D eigenvalue weighted by Crippen LogP contribution is 2.48. The van der Waals surface area contributed by atoms with Crippen molar-refractivity contribution in [2.24, 2.45) is 11.1 Å². The lowest BCUT2D eigenvalue weighted by Crippen LogP contribution is -2.43. The first-order valence-corrected chi connectivity index (χ1v) is 14.2. The predicted molar refractivity (Wildman–Crippen MR) is 172 cm³/mol. The van der Waals surface area contributed by atoms with E-state index in [0.717, 1.165) is 41.8 Å². The number of ether oxygens (including phenoxy) is 2. The minimum Gasteiger partial charge on any atom is -0.493 e. The van der Waals surface area contributed by atoms with E-state index in [0.29, 0.717) is 42.5 Å². The third-order valence-electron chi connectivity index (χ3n) is 8.53. The van der Waals surface area contributed by atoms with E-state index in [1.165, 1.54) is 0 Å². The van der Waals surface area contributed by atoms with E-state index < -0.39 is 35.0 Å². The maximum atomic E-state index is 13.4. The van der Waals surface area contributed by atoms with Crippen LogP contribution < -0.4 is 15.2 Å². The maximum absolute atomic E-state index is 13.4. The fourth-order valence-electron chi connectivity index (χ4n) is 6.23. The van der Waals surface area contributed by atoms with Crippen LogP contribution in [0.4, 0.5) is 13.2 Å². The average Bonchev–Trinajstić information content (AvgIpc) is 2.98. The summed E-state index contributed by atoms with van der Waals surface area (Å²) in [7, 11) is 4.77. The number of carbonyl (C=O) groups is 2. The molecule has 0 bridgehead atoms. The van der Waals surface area contributed by atoms with Gasteiger partial charge in [0.2, 0.25) is 0 Å². The van der Waals surface area contributed by atoms with E-state index in [1.54, 1.807) is 40.0 Å². The van der Waals surface area contributed by atoms with Crippen LogP contribution in [0.3, 0.4) is 0 Å². The molecular formula is C32H40Cl2F3N3O6. The first-order valence-electron chi connectivity index (χ1n) is 14.2. The molecular weight excluding hydrogens is 650 g/mol. The molecule has 0 amide bonds. The molecule has 2 aliphatic rings. The van der Waals surface area contributed by atoms with Crippen molar-refractivity contribution in [2.75, 3.05) is 40.9 Å². The summed E-state index contributed by atoms with van der Waals surface area (Å²) in [6.45, 7) is 5.29. The standard InChI is InChI=1S/C32H38F3N3O6.2ClH/c1-31(2,17-36)28-27(30(41)42)25(18-6-8-21(9-7-18)32(33,34)35)26(29(39)40)22(37(28)3)11-13-38-12-10-19-14-23(43-4)24(44-5)15-20(19)16-38;;/h6-9,14-15,25H,10-13,16-17,36H2,1-5H3,(H,39,40)(H,41,42);2*1H. The first kappa shape index (κ1) is 38.7. The zero-order chi connectivity index (χ0) is 32.6. The summed E-state index contributed by atoms with van der Waals surface area (Å²) in [5.74, 6) is -2.78. The monoisotopic (exact) mass is 689 g/mol. The van der Waals surface area contributed by atoms with E-state index in [9.17, 15) is 33.0 Å². The lowest BCUT2D eigenvalue weighted by molar-refractivity contribution is -0.138. The van der Waals surface area contributed by atoms with Gasteiger partial charge in [-0.25, -0.2) is 9.59 Å². The molecule has 254 valence electrons. The van der Waals surface area contributed by atoms with Crippen LogP contribution in [0.15, 0.2) is 58.9 Å². The lowest BCUT2D eigenvalue weighted by atomic mass is 9.73. The molecule has 2 aliphatic heterocycles. The Morgan fingerprint density at radius 2 is 1.50 bits per heavy atom. The van der Waals surface area contributed by atoms with Crippen LogP contribution in [0.1, 0.15) is 48.4 Å². The number of methoxy groups -OCH3 is 2. The molecule has 0 fully saturated rings. The Balaban J connectivity index is 0.00000368. The summed E-state index contributed by atoms with van der Waals surface area (Å²) in [4.78, 5) is 29.5. The van der Waals surface area contributed by atoms with Crippen LogP contribution in [0.2, 0.25) is 0 Å². The Bertz CT molecular complexity index is 1510. The van der Waals surface area contributed by atoms with E-state index in [-0.39, 0.29) is 54.5 Å². The van der Waals surface area contributed by atoms with Gasteiger partial charge in [-0.15, -0.1) is 24.8 Å². The highest BCUT2D eigenvalue weighted by atomic mass is 35.5. The van der Waals surface area contributed by atoms with Gasteiger partial charge < -0.3 is 30.3 Å². The van der Waals surface area contributed by atoms with Crippen molar-refractivity contribution in [1.29, 1.82) is 0 Å². The molecule has 0 radical (unpaired) electrons. The van der Waals surface area contributed by atoms with Gasteiger partial charge in [0.05, 0.1) is 36.8 Å². The van der Waals surface area contributed by atoms with Crippen molar-refractivity contribution >= 4 is 36.8 Å². The summed E-state index contributed by atoms with van der Waals surface area (Å²) in [5, 5.41) is 21.0. The minimum absolute atomic E-state index is 0. The molecule has 9 nitrogen and oxygen atoms in total. The van der Waals surface area contributed by atoms with Gasteiger partial charge in [0, 0.05) is 56.5 Å². The molecule has 4 rings (SSSR count). The SMILES string of the molecule is COc1cc2c(cc1OC)CN(CCC1=C(C(=O)O)C(c3ccc(C(F)(F)F)cc3)C(C(=O)O)=C(C(C)(C)CN)N1C)CC2.Cl.Cl. The van der Waals surface area contributed by atoms with Crippen LogP contribution in [0.25, 0.3) is 0 Å². The Morgan fingerprint density at radius 1 is 0.957 bits per heavy atom. The molecule has 0 saturated carbocycles. The molecule has 0 aliphatic carbocycles. The van der Waals surface area contributed by atoms with Crippen molar-refractivity contribution < 1.29 is 42.4 Å². The number of nitrogens with two attached hydrogens (primary N) is 1. The van der Waals surface area contributed by atoms with Gasteiger partial charge in [-0.1, -0.05) is 26.0 Å². The van der Waals surface area contributed by atoms with Gasteiger partial charge in [-0.2, -0.15) is 13.2 Å². The fourth-order valence-corrected chi connectivity index (χ4v) is 6.23. The zero-order valence-electron chi connectivity index (χ0n) is 26.2. The number of fused-ring (bicyclic) bond motifs is 1. The molecule has 0 aromatic heterocycles. The Kier molecular flexibility index (Phi) is 12.6. The van der Waals surface area contributed by atoms with Crippen molar-refractivity contribution in [1.82, 2.24) is 9.80 Å². The number of aliphatic carboxylic acids is 2. The molecule has 0 spiro atoms. The lowest BCUT2D eigenvalue weighted by Gasteiger charge is -2.43. The molecule has 46 heavy (non-hydrogen) atoms. The van der Waals surface area contributed by atoms with Gasteiger partial charge in [-0.05, 0) is 47.4 Å². The zero-order valence-corrected chi connectivity index (χ0v) is 27.9. The van der Waals surface area contributed by atoms with Crippen LogP contribution >= 0.6 is 24.8 Å². The third kappa shape index (κ3) is 7.57. The van der Waals surface area contributed by atoms with Crippen molar-refractivity contribution in [3.05, 3.63) is 81.2 Å².